The van der Waals surface area contributed by atoms with Crippen LogP contribution in [-0.4, -0.2) is 47.3 Å². The molecule has 102 valence electrons. The second kappa shape index (κ2) is 5.61. The van der Waals surface area contributed by atoms with E-state index in [-0.39, 0.29) is 5.56 Å². The molecule has 1 aliphatic rings. The molecule has 1 aromatic heterocycles. The lowest BCUT2D eigenvalue weighted by molar-refractivity contribution is -0.385. The zero-order valence-electron chi connectivity index (χ0n) is 10.1. The summed E-state index contributed by atoms with van der Waals surface area (Å²) in [4.78, 5) is 26.9. The highest BCUT2D eigenvalue weighted by molar-refractivity contribution is 5.93. The second-order valence-electron chi connectivity index (χ2n) is 4.07. The van der Waals surface area contributed by atoms with Crippen molar-refractivity contribution in [3.05, 3.63) is 27.9 Å². The average molecular weight is 267 g/mol. The van der Waals surface area contributed by atoms with Crippen molar-refractivity contribution in [3.63, 3.8) is 0 Å². The number of rotatable bonds is 3. The van der Waals surface area contributed by atoms with Gasteiger partial charge >= 0.3 is 11.7 Å². The Kier molecular flexibility index (Phi) is 3.91. The van der Waals surface area contributed by atoms with Gasteiger partial charge in [0, 0.05) is 25.8 Å². The average Bonchev–Trinajstić information content (AvgIpc) is 2.66. The first-order chi connectivity index (χ1) is 9.09. The summed E-state index contributed by atoms with van der Waals surface area (Å²) >= 11 is 0. The molecule has 8 nitrogen and oxygen atoms in total. The van der Waals surface area contributed by atoms with E-state index in [1.54, 1.807) is 0 Å². The minimum Gasteiger partial charge on any atom is -0.477 e. The third-order valence-corrected chi connectivity index (χ3v) is 2.84. The van der Waals surface area contributed by atoms with Crippen LogP contribution in [0.4, 0.5) is 11.5 Å². The third-order valence-electron chi connectivity index (χ3n) is 2.84. The van der Waals surface area contributed by atoms with Crippen LogP contribution >= 0.6 is 0 Å². The molecular formula is C11H13N3O5. The summed E-state index contributed by atoms with van der Waals surface area (Å²) in [5.41, 5.74) is -0.845. The maximum atomic E-state index is 11.1. The summed E-state index contributed by atoms with van der Waals surface area (Å²) in [5.74, 6) is -0.907. The van der Waals surface area contributed by atoms with Crippen molar-refractivity contribution >= 4 is 17.5 Å². The first kappa shape index (κ1) is 13.2. The lowest BCUT2D eigenvalue weighted by atomic mass is 10.2. The van der Waals surface area contributed by atoms with Crippen molar-refractivity contribution < 1.29 is 19.6 Å². The predicted molar refractivity (Wildman–Crippen MR) is 65.5 cm³/mol. The summed E-state index contributed by atoms with van der Waals surface area (Å²) in [5, 5.41) is 19.8. The van der Waals surface area contributed by atoms with Crippen LogP contribution in [0.5, 0.6) is 0 Å². The van der Waals surface area contributed by atoms with Gasteiger partial charge in [0.25, 0.3) is 0 Å². The number of nitro groups is 1. The van der Waals surface area contributed by atoms with Crippen molar-refractivity contribution in [1.29, 1.82) is 0 Å². The molecule has 2 rings (SSSR count). The Morgan fingerprint density at radius 3 is 2.95 bits per heavy atom. The van der Waals surface area contributed by atoms with Gasteiger partial charge in [-0.15, -0.1) is 0 Å². The molecule has 1 N–H and O–H groups in total. The van der Waals surface area contributed by atoms with Gasteiger partial charge in [-0.2, -0.15) is 0 Å². The molecule has 0 bridgehead atoms. The smallest absolute Gasteiger partial charge is 0.342 e. The second-order valence-corrected chi connectivity index (χ2v) is 4.07. The van der Waals surface area contributed by atoms with Gasteiger partial charge in [0.05, 0.1) is 11.5 Å². The topological polar surface area (TPSA) is 106 Å². The Hall–Kier alpha value is -2.22. The molecule has 0 unspecified atom stereocenters. The summed E-state index contributed by atoms with van der Waals surface area (Å²) in [6.45, 7) is 2.45. The fourth-order valence-corrected chi connectivity index (χ4v) is 1.90. The quantitative estimate of drug-likeness (QED) is 0.640. The standard InChI is InChI=1S/C11H13N3O5/c15-11(16)8-6-10(12-7-9(8)14(17)18)13-2-1-4-19-5-3-13/h6-7H,1-5H2,(H,15,16). The number of carboxylic acids is 1. The van der Waals surface area contributed by atoms with Crippen molar-refractivity contribution in [1.82, 2.24) is 4.98 Å². The first-order valence-corrected chi connectivity index (χ1v) is 5.80. The monoisotopic (exact) mass is 267 g/mol. The minimum atomic E-state index is -1.33. The van der Waals surface area contributed by atoms with Gasteiger partial charge in [0.2, 0.25) is 0 Å². The Balaban J connectivity index is 2.34. The molecule has 0 saturated carbocycles. The van der Waals surface area contributed by atoms with E-state index in [0.29, 0.717) is 32.1 Å². The number of anilines is 1. The molecule has 1 aliphatic heterocycles. The highest BCUT2D eigenvalue weighted by atomic mass is 16.6. The van der Waals surface area contributed by atoms with Crippen LogP contribution in [-0.2, 0) is 4.74 Å². The number of carbonyl (C=O) groups is 1. The van der Waals surface area contributed by atoms with Crippen molar-refractivity contribution in [3.8, 4) is 0 Å². The zero-order chi connectivity index (χ0) is 13.8. The predicted octanol–water partition coefficient (Wildman–Crippen LogP) is 0.915. The zero-order valence-corrected chi connectivity index (χ0v) is 10.1. The van der Waals surface area contributed by atoms with Gasteiger partial charge in [-0.05, 0) is 6.42 Å². The number of nitrogens with zero attached hydrogens (tertiary/aromatic N) is 3. The van der Waals surface area contributed by atoms with Crippen LogP contribution in [0.15, 0.2) is 12.3 Å². The van der Waals surface area contributed by atoms with Crippen LogP contribution in [0.1, 0.15) is 16.8 Å². The molecule has 1 aromatic rings. The van der Waals surface area contributed by atoms with Crippen LogP contribution in [0.3, 0.4) is 0 Å². The van der Waals surface area contributed by atoms with Crippen molar-refractivity contribution in [2.24, 2.45) is 0 Å². The fourth-order valence-electron chi connectivity index (χ4n) is 1.90. The molecule has 0 atom stereocenters. The summed E-state index contributed by atoms with van der Waals surface area (Å²) in [7, 11) is 0. The molecule has 0 aliphatic carbocycles. The molecule has 8 heteroatoms. The van der Waals surface area contributed by atoms with Crippen molar-refractivity contribution in [2.45, 2.75) is 6.42 Å². The third kappa shape index (κ3) is 2.97. The molecule has 1 saturated heterocycles. The van der Waals surface area contributed by atoms with Gasteiger partial charge in [-0.3, -0.25) is 10.1 Å². The number of hydrogen-bond acceptors (Lipinski definition) is 6. The largest absolute Gasteiger partial charge is 0.477 e. The lowest BCUT2D eigenvalue weighted by Gasteiger charge is -2.20. The minimum absolute atomic E-state index is 0.347. The first-order valence-electron chi connectivity index (χ1n) is 5.80. The van der Waals surface area contributed by atoms with Gasteiger partial charge in [0.15, 0.2) is 0 Å². The highest BCUT2D eigenvalue weighted by Crippen LogP contribution is 2.23. The van der Waals surface area contributed by atoms with E-state index in [9.17, 15) is 14.9 Å². The number of aromatic nitrogens is 1. The molecular weight excluding hydrogens is 254 g/mol. The Morgan fingerprint density at radius 2 is 2.26 bits per heavy atom. The van der Waals surface area contributed by atoms with E-state index in [1.807, 2.05) is 4.90 Å². The van der Waals surface area contributed by atoms with Gasteiger partial charge in [0.1, 0.15) is 17.6 Å². The van der Waals surface area contributed by atoms with E-state index in [4.69, 9.17) is 9.84 Å². The van der Waals surface area contributed by atoms with Gasteiger partial charge < -0.3 is 14.7 Å². The maximum absolute atomic E-state index is 11.1. The lowest BCUT2D eigenvalue weighted by Crippen LogP contribution is -2.27. The molecule has 0 aromatic carbocycles. The molecule has 0 radical (unpaired) electrons. The molecule has 1 fully saturated rings. The Labute approximate surface area is 108 Å². The SMILES string of the molecule is O=C(O)c1cc(N2CCCOCC2)ncc1[N+](=O)[O-]. The van der Waals surface area contributed by atoms with E-state index < -0.39 is 16.6 Å². The van der Waals surface area contributed by atoms with Gasteiger partial charge in [-0.1, -0.05) is 0 Å². The van der Waals surface area contributed by atoms with Crippen LogP contribution in [0.2, 0.25) is 0 Å². The maximum Gasteiger partial charge on any atom is 0.342 e. The Bertz CT molecular complexity index is 497. The number of aromatic carboxylic acids is 1. The van der Waals surface area contributed by atoms with Gasteiger partial charge in [-0.25, -0.2) is 9.78 Å². The van der Waals surface area contributed by atoms with Crippen LogP contribution in [0.25, 0.3) is 0 Å². The van der Waals surface area contributed by atoms with E-state index in [1.165, 1.54) is 6.07 Å². The number of hydrogen-bond donors (Lipinski definition) is 1. The van der Waals surface area contributed by atoms with Crippen LogP contribution < -0.4 is 4.90 Å². The highest BCUT2D eigenvalue weighted by Gasteiger charge is 2.23. The summed E-state index contributed by atoms with van der Waals surface area (Å²) in [6.07, 6.45) is 1.80. The number of carboxylic acid groups (broad SMARTS) is 1. The molecule has 19 heavy (non-hydrogen) atoms. The molecule has 0 amide bonds. The molecule has 0 spiro atoms. The normalized spacial score (nSPS) is 15.9. The van der Waals surface area contributed by atoms with Crippen molar-refractivity contribution in [2.75, 3.05) is 31.2 Å². The fraction of sp³-hybridized carbons (Fsp3) is 0.455. The summed E-state index contributed by atoms with van der Waals surface area (Å²) < 4.78 is 5.29. The van der Waals surface area contributed by atoms with Crippen LogP contribution in [0, 0.1) is 10.1 Å². The Morgan fingerprint density at radius 1 is 1.47 bits per heavy atom. The van der Waals surface area contributed by atoms with E-state index >= 15 is 0 Å². The number of pyridine rings is 1. The van der Waals surface area contributed by atoms with E-state index in [2.05, 4.69) is 4.98 Å². The number of ether oxygens (including phenoxy) is 1. The molecule has 2 heterocycles. The van der Waals surface area contributed by atoms with E-state index in [0.717, 1.165) is 12.6 Å². The summed E-state index contributed by atoms with van der Waals surface area (Å²) in [6, 6.07) is 1.24.